The highest BCUT2D eigenvalue weighted by Crippen LogP contribution is 2.29. The number of ether oxygens (including phenoxy) is 1. The Morgan fingerprint density at radius 3 is 3.16 bits per heavy atom. The average Bonchev–Trinajstić information content (AvgIpc) is 2.88. The molecule has 5 heteroatoms. The number of rotatable bonds is 2. The molecule has 0 spiro atoms. The summed E-state index contributed by atoms with van der Waals surface area (Å²) in [5, 5.41) is 0. The fourth-order valence-corrected chi connectivity index (χ4v) is 3.41. The van der Waals surface area contributed by atoms with Crippen LogP contribution in [-0.4, -0.2) is 36.7 Å². The monoisotopic (exact) mass is 328 g/mol. The molecule has 19 heavy (non-hydrogen) atoms. The quantitative estimate of drug-likeness (QED) is 0.906. The van der Waals surface area contributed by atoms with E-state index in [-0.39, 0.29) is 11.9 Å². The van der Waals surface area contributed by atoms with Crippen molar-refractivity contribution in [2.24, 2.45) is 5.73 Å². The van der Waals surface area contributed by atoms with E-state index in [9.17, 15) is 4.39 Å². The summed E-state index contributed by atoms with van der Waals surface area (Å²) in [5.74, 6) is -0.261. The van der Waals surface area contributed by atoms with E-state index in [2.05, 4.69) is 20.8 Å². The SMILES string of the molecule is NC(c1cc(Br)ccc1F)C1CN2CCCC2CO1. The number of morpholine rings is 1. The van der Waals surface area contributed by atoms with Gasteiger partial charge in [0.05, 0.1) is 18.8 Å². The molecule has 0 amide bonds. The number of hydrogen-bond donors (Lipinski definition) is 1. The molecule has 2 fully saturated rings. The lowest BCUT2D eigenvalue weighted by atomic mass is 10.00. The van der Waals surface area contributed by atoms with Crippen LogP contribution in [0.3, 0.4) is 0 Å². The standard InChI is InChI=1S/C14H18BrFN2O/c15-9-3-4-12(16)11(6-9)14(17)13-7-18-5-1-2-10(18)8-19-13/h3-4,6,10,13-14H,1-2,5,7-8,17H2. The molecule has 0 aliphatic carbocycles. The summed E-state index contributed by atoms with van der Waals surface area (Å²) in [5.41, 5.74) is 6.73. The summed E-state index contributed by atoms with van der Waals surface area (Å²) in [6, 6.07) is 5.00. The fourth-order valence-electron chi connectivity index (χ4n) is 3.03. The van der Waals surface area contributed by atoms with E-state index >= 15 is 0 Å². The Labute approximate surface area is 121 Å². The lowest BCUT2D eigenvalue weighted by Crippen LogP contribution is -2.49. The van der Waals surface area contributed by atoms with Crippen LogP contribution in [0.25, 0.3) is 0 Å². The number of hydrogen-bond acceptors (Lipinski definition) is 3. The van der Waals surface area contributed by atoms with Crippen LogP contribution in [0.2, 0.25) is 0 Å². The highest BCUT2D eigenvalue weighted by Gasteiger charge is 2.35. The van der Waals surface area contributed by atoms with Gasteiger partial charge < -0.3 is 10.5 Å². The number of nitrogens with zero attached hydrogens (tertiary/aromatic N) is 1. The van der Waals surface area contributed by atoms with Crippen LogP contribution in [0.15, 0.2) is 22.7 Å². The molecule has 2 heterocycles. The number of nitrogens with two attached hydrogens (primary N) is 1. The molecule has 3 atom stereocenters. The summed E-state index contributed by atoms with van der Waals surface area (Å²) in [4.78, 5) is 2.42. The lowest BCUT2D eigenvalue weighted by Gasteiger charge is -2.37. The van der Waals surface area contributed by atoms with Crippen molar-refractivity contribution >= 4 is 15.9 Å². The molecule has 2 aliphatic heterocycles. The van der Waals surface area contributed by atoms with Gasteiger partial charge in [0.1, 0.15) is 5.82 Å². The van der Waals surface area contributed by atoms with Crippen LogP contribution in [0.5, 0.6) is 0 Å². The zero-order valence-electron chi connectivity index (χ0n) is 10.7. The molecule has 2 aliphatic rings. The molecule has 0 aromatic heterocycles. The van der Waals surface area contributed by atoms with Crippen LogP contribution in [0.1, 0.15) is 24.4 Å². The van der Waals surface area contributed by atoms with E-state index in [4.69, 9.17) is 10.5 Å². The maximum Gasteiger partial charge on any atom is 0.128 e. The number of fused-ring (bicyclic) bond motifs is 1. The highest BCUT2D eigenvalue weighted by atomic mass is 79.9. The normalized spacial score (nSPS) is 29.2. The Kier molecular flexibility index (Phi) is 3.89. The molecule has 2 saturated heterocycles. The van der Waals surface area contributed by atoms with Gasteiger partial charge in [0.15, 0.2) is 0 Å². The average molecular weight is 329 g/mol. The van der Waals surface area contributed by atoms with Gasteiger partial charge in [-0.3, -0.25) is 4.90 Å². The van der Waals surface area contributed by atoms with Crippen molar-refractivity contribution in [3.05, 3.63) is 34.1 Å². The van der Waals surface area contributed by atoms with E-state index in [1.807, 2.05) is 0 Å². The second-order valence-electron chi connectivity index (χ2n) is 5.35. The van der Waals surface area contributed by atoms with Crippen molar-refractivity contribution in [3.63, 3.8) is 0 Å². The summed E-state index contributed by atoms with van der Waals surface area (Å²) < 4.78 is 20.6. The molecule has 2 N–H and O–H groups in total. The van der Waals surface area contributed by atoms with Crippen molar-refractivity contribution in [2.75, 3.05) is 19.7 Å². The van der Waals surface area contributed by atoms with Gasteiger partial charge in [-0.05, 0) is 37.6 Å². The zero-order valence-corrected chi connectivity index (χ0v) is 12.3. The van der Waals surface area contributed by atoms with E-state index < -0.39 is 6.04 Å². The summed E-state index contributed by atoms with van der Waals surface area (Å²) in [7, 11) is 0. The van der Waals surface area contributed by atoms with Crippen LogP contribution >= 0.6 is 15.9 Å². The Hall–Kier alpha value is -0.490. The molecular weight excluding hydrogens is 311 g/mol. The maximum atomic E-state index is 13.9. The van der Waals surface area contributed by atoms with E-state index in [1.165, 1.54) is 18.9 Å². The third-order valence-electron chi connectivity index (χ3n) is 4.13. The van der Waals surface area contributed by atoms with Crippen LogP contribution in [-0.2, 0) is 4.74 Å². The third-order valence-corrected chi connectivity index (χ3v) is 4.63. The van der Waals surface area contributed by atoms with Crippen LogP contribution in [0, 0.1) is 5.82 Å². The minimum atomic E-state index is -0.418. The van der Waals surface area contributed by atoms with Gasteiger partial charge in [-0.15, -0.1) is 0 Å². The Morgan fingerprint density at radius 1 is 1.47 bits per heavy atom. The van der Waals surface area contributed by atoms with Gasteiger partial charge in [0, 0.05) is 22.6 Å². The van der Waals surface area contributed by atoms with Crippen molar-refractivity contribution in [3.8, 4) is 0 Å². The van der Waals surface area contributed by atoms with Gasteiger partial charge in [0.25, 0.3) is 0 Å². The molecule has 0 bridgehead atoms. The smallest absolute Gasteiger partial charge is 0.128 e. The predicted octanol–water partition coefficient (Wildman–Crippen LogP) is 2.45. The first kappa shape index (κ1) is 13.5. The first-order valence-corrected chi connectivity index (χ1v) is 7.50. The minimum absolute atomic E-state index is 0.127. The third kappa shape index (κ3) is 2.70. The Balaban J connectivity index is 1.76. The maximum absolute atomic E-state index is 13.9. The van der Waals surface area contributed by atoms with Crippen molar-refractivity contribution in [1.29, 1.82) is 0 Å². The summed E-state index contributed by atoms with van der Waals surface area (Å²) in [6.07, 6.45) is 2.30. The minimum Gasteiger partial charge on any atom is -0.373 e. The predicted molar refractivity (Wildman–Crippen MR) is 75.4 cm³/mol. The van der Waals surface area contributed by atoms with Gasteiger partial charge in [-0.2, -0.15) is 0 Å². The molecule has 3 rings (SSSR count). The molecular formula is C14H18BrFN2O. The molecule has 3 unspecified atom stereocenters. The largest absolute Gasteiger partial charge is 0.373 e. The molecule has 1 aromatic carbocycles. The van der Waals surface area contributed by atoms with Crippen molar-refractivity contribution in [2.45, 2.75) is 31.0 Å². The number of halogens is 2. The van der Waals surface area contributed by atoms with Gasteiger partial charge >= 0.3 is 0 Å². The fraction of sp³-hybridized carbons (Fsp3) is 0.571. The summed E-state index contributed by atoms with van der Waals surface area (Å²) >= 11 is 3.36. The van der Waals surface area contributed by atoms with Gasteiger partial charge in [-0.1, -0.05) is 15.9 Å². The molecule has 104 valence electrons. The topological polar surface area (TPSA) is 38.5 Å². The highest BCUT2D eigenvalue weighted by molar-refractivity contribution is 9.10. The molecule has 0 saturated carbocycles. The first-order chi connectivity index (χ1) is 9.15. The second-order valence-corrected chi connectivity index (χ2v) is 6.27. The Morgan fingerprint density at radius 2 is 2.32 bits per heavy atom. The first-order valence-electron chi connectivity index (χ1n) is 6.71. The van der Waals surface area contributed by atoms with Crippen molar-refractivity contribution in [1.82, 2.24) is 4.90 Å². The molecule has 3 nitrogen and oxygen atoms in total. The van der Waals surface area contributed by atoms with Gasteiger partial charge in [-0.25, -0.2) is 4.39 Å². The van der Waals surface area contributed by atoms with E-state index in [0.29, 0.717) is 18.2 Å². The second kappa shape index (κ2) is 5.48. The van der Waals surface area contributed by atoms with E-state index in [1.54, 1.807) is 12.1 Å². The number of benzene rings is 1. The molecule has 1 aromatic rings. The Bertz CT molecular complexity index is 471. The molecule has 0 radical (unpaired) electrons. The lowest BCUT2D eigenvalue weighted by molar-refractivity contribution is -0.0601. The summed E-state index contributed by atoms with van der Waals surface area (Å²) in [6.45, 7) is 2.63. The van der Waals surface area contributed by atoms with Crippen LogP contribution in [0.4, 0.5) is 4.39 Å². The van der Waals surface area contributed by atoms with Crippen molar-refractivity contribution < 1.29 is 9.13 Å². The van der Waals surface area contributed by atoms with Crippen LogP contribution < -0.4 is 5.73 Å². The zero-order chi connectivity index (χ0) is 13.4. The van der Waals surface area contributed by atoms with Gasteiger partial charge in [0.2, 0.25) is 0 Å². The van der Waals surface area contributed by atoms with E-state index in [0.717, 1.165) is 17.6 Å².